The molecule has 2 amide bonds. The number of nitrogens with zero attached hydrogens (tertiary/aromatic N) is 1. The lowest BCUT2D eigenvalue weighted by Crippen LogP contribution is -2.53. The number of rotatable bonds is 5. The minimum atomic E-state index is -3.45. The van der Waals surface area contributed by atoms with Crippen molar-refractivity contribution in [1.82, 2.24) is 5.32 Å². The summed E-state index contributed by atoms with van der Waals surface area (Å²) in [6, 6.07) is 13.6. The molecule has 170 valence electrons. The van der Waals surface area contributed by atoms with E-state index in [9.17, 15) is 18.0 Å². The third kappa shape index (κ3) is 4.50. The Kier molecular flexibility index (Phi) is 5.99. The van der Waals surface area contributed by atoms with Gasteiger partial charge in [0.25, 0.3) is 0 Å². The second kappa shape index (κ2) is 8.58. The van der Waals surface area contributed by atoms with E-state index in [1.165, 1.54) is 13.0 Å². The van der Waals surface area contributed by atoms with Crippen LogP contribution in [0.5, 0.6) is 0 Å². The molecule has 0 aromatic heterocycles. The molecule has 2 aromatic rings. The number of sulfone groups is 1. The average molecular weight is 457 g/mol. The molecule has 1 heterocycles. The number of anilines is 1. The molecule has 1 aliphatic carbocycles. The number of benzene rings is 2. The van der Waals surface area contributed by atoms with Crippen LogP contribution in [0.2, 0.25) is 0 Å². The second-order valence-corrected chi connectivity index (χ2v) is 10.8. The molecule has 0 spiro atoms. The van der Waals surface area contributed by atoms with Crippen molar-refractivity contribution in [3.8, 4) is 0 Å². The zero-order valence-corrected chi connectivity index (χ0v) is 19.3. The summed E-state index contributed by atoms with van der Waals surface area (Å²) in [7, 11) is -3.45. The Morgan fingerprint density at radius 2 is 1.81 bits per heavy atom. The zero-order chi connectivity index (χ0) is 23.0. The number of hydrogen-bond acceptors (Lipinski definition) is 5. The lowest BCUT2D eigenvalue weighted by molar-refractivity contribution is -0.117. The Bertz CT molecular complexity index is 1130. The monoisotopic (exact) mass is 456 g/mol. The van der Waals surface area contributed by atoms with Crippen LogP contribution in [-0.2, 0) is 26.0 Å². The Morgan fingerprint density at radius 1 is 1.12 bits per heavy atom. The number of ether oxygens (including phenoxy) is 1. The van der Waals surface area contributed by atoms with Crippen LogP contribution in [0, 0.1) is 11.8 Å². The van der Waals surface area contributed by atoms with Gasteiger partial charge in [0.1, 0.15) is 6.61 Å². The van der Waals surface area contributed by atoms with Gasteiger partial charge in [-0.2, -0.15) is 0 Å². The first-order chi connectivity index (χ1) is 15.2. The summed E-state index contributed by atoms with van der Waals surface area (Å²) in [4.78, 5) is 27.2. The minimum absolute atomic E-state index is 0.0662. The second-order valence-electron chi connectivity index (χ2n) is 8.75. The summed E-state index contributed by atoms with van der Waals surface area (Å²) in [5.74, 6) is 0.159. The van der Waals surface area contributed by atoms with E-state index >= 15 is 0 Å². The predicted molar refractivity (Wildman–Crippen MR) is 121 cm³/mol. The molecule has 0 bridgehead atoms. The Morgan fingerprint density at radius 3 is 2.41 bits per heavy atom. The fourth-order valence-corrected chi connectivity index (χ4v) is 5.32. The molecule has 32 heavy (non-hydrogen) atoms. The van der Waals surface area contributed by atoms with E-state index in [1.54, 1.807) is 17.0 Å². The summed E-state index contributed by atoms with van der Waals surface area (Å²) >= 11 is 0. The minimum Gasteiger partial charge on any atom is -0.445 e. The summed E-state index contributed by atoms with van der Waals surface area (Å²) in [5.41, 5.74) is 2.13. The normalized spacial score (nSPS) is 22.7. The fraction of sp³-hybridized carbons (Fsp3) is 0.417. The highest BCUT2D eigenvalue weighted by molar-refractivity contribution is 7.90. The van der Waals surface area contributed by atoms with Crippen LogP contribution in [0.1, 0.15) is 43.9 Å². The number of carbonyl (C=O) groups excluding carboxylic acids is 2. The van der Waals surface area contributed by atoms with Gasteiger partial charge in [-0.15, -0.1) is 0 Å². The molecule has 1 aliphatic heterocycles. The van der Waals surface area contributed by atoms with Crippen molar-refractivity contribution < 1.29 is 22.7 Å². The van der Waals surface area contributed by atoms with Gasteiger partial charge in [0.15, 0.2) is 9.84 Å². The van der Waals surface area contributed by atoms with E-state index in [-0.39, 0.29) is 29.4 Å². The smallest absolute Gasteiger partial charge is 0.407 e. The van der Waals surface area contributed by atoms with Gasteiger partial charge in [-0.25, -0.2) is 13.2 Å². The van der Waals surface area contributed by atoms with Gasteiger partial charge in [-0.05, 0) is 48.1 Å². The maximum atomic E-state index is 12.7. The number of fused-ring (bicyclic) bond motifs is 1. The molecule has 2 aromatic carbocycles. The fourth-order valence-electron chi connectivity index (χ4n) is 4.67. The SMILES string of the molecule is CC(=O)N1c2ccc(S(C)(=O)=O)cc2C(NC(=O)OCc2ccccc2)[C@@H](C)[C@@H]1C1CC1. The van der Waals surface area contributed by atoms with E-state index in [0.717, 1.165) is 24.7 Å². The molecule has 8 heteroatoms. The van der Waals surface area contributed by atoms with Crippen LogP contribution >= 0.6 is 0 Å². The highest BCUT2D eigenvalue weighted by Crippen LogP contribution is 2.49. The Labute approximate surface area is 188 Å². The number of alkyl carbamates (subject to hydrolysis) is 1. The average Bonchev–Trinajstić information content (AvgIpc) is 3.58. The molecule has 2 aliphatic rings. The van der Waals surface area contributed by atoms with Crippen molar-refractivity contribution in [3.63, 3.8) is 0 Å². The topological polar surface area (TPSA) is 92.8 Å². The van der Waals surface area contributed by atoms with Crippen molar-refractivity contribution in [2.24, 2.45) is 11.8 Å². The van der Waals surface area contributed by atoms with E-state index in [4.69, 9.17) is 4.74 Å². The van der Waals surface area contributed by atoms with Crippen molar-refractivity contribution in [1.29, 1.82) is 0 Å². The first kappa shape index (κ1) is 22.3. The van der Waals surface area contributed by atoms with Crippen LogP contribution in [0.4, 0.5) is 10.5 Å². The van der Waals surface area contributed by atoms with E-state index in [1.807, 2.05) is 37.3 Å². The lowest BCUT2D eigenvalue weighted by atomic mass is 9.80. The predicted octanol–water partition coefficient (Wildman–Crippen LogP) is 3.84. The van der Waals surface area contributed by atoms with E-state index in [0.29, 0.717) is 17.2 Å². The van der Waals surface area contributed by atoms with Gasteiger partial charge >= 0.3 is 6.09 Å². The van der Waals surface area contributed by atoms with E-state index < -0.39 is 22.0 Å². The van der Waals surface area contributed by atoms with E-state index in [2.05, 4.69) is 5.32 Å². The highest BCUT2D eigenvalue weighted by atomic mass is 32.2. The van der Waals surface area contributed by atoms with Gasteiger partial charge in [-0.1, -0.05) is 37.3 Å². The quantitative estimate of drug-likeness (QED) is 0.738. The van der Waals surface area contributed by atoms with Gasteiger partial charge in [-0.3, -0.25) is 4.79 Å². The van der Waals surface area contributed by atoms with Gasteiger partial charge in [0.2, 0.25) is 5.91 Å². The molecule has 1 saturated carbocycles. The van der Waals surface area contributed by atoms with Gasteiger partial charge in [0.05, 0.1) is 10.9 Å². The van der Waals surface area contributed by atoms with Gasteiger partial charge in [0, 0.05) is 30.8 Å². The first-order valence-electron chi connectivity index (χ1n) is 10.8. The highest BCUT2D eigenvalue weighted by Gasteiger charge is 2.48. The third-order valence-corrected chi connectivity index (χ3v) is 7.42. The summed E-state index contributed by atoms with van der Waals surface area (Å²) in [6.45, 7) is 3.66. The summed E-state index contributed by atoms with van der Waals surface area (Å²) in [6.07, 6.45) is 2.63. The Hall–Kier alpha value is -2.87. The van der Waals surface area contributed by atoms with Crippen LogP contribution in [0.3, 0.4) is 0 Å². The standard InChI is InChI=1S/C24H28N2O5S/c1-15-22(25-24(28)31-14-17-7-5-4-6-8-17)20-13-19(32(3,29)30)11-12-21(20)26(16(2)27)23(15)18-9-10-18/h4-8,11-13,15,18,22-23H,9-10,14H2,1-3H3,(H,25,28)/t15-,22?,23-/m1/s1. The molecule has 7 nitrogen and oxygen atoms in total. The van der Waals surface area contributed by atoms with Crippen molar-refractivity contribution >= 4 is 27.5 Å². The third-order valence-electron chi connectivity index (χ3n) is 6.31. The van der Waals surface area contributed by atoms with Crippen molar-refractivity contribution in [3.05, 3.63) is 59.7 Å². The number of hydrogen-bond donors (Lipinski definition) is 1. The first-order valence-corrected chi connectivity index (χ1v) is 12.7. The summed E-state index contributed by atoms with van der Waals surface area (Å²) < 4.78 is 29.8. The molecule has 1 unspecified atom stereocenters. The molecule has 0 radical (unpaired) electrons. The van der Waals surface area contributed by atoms with Crippen molar-refractivity contribution in [2.75, 3.05) is 11.2 Å². The lowest BCUT2D eigenvalue weighted by Gasteiger charge is -2.45. The largest absolute Gasteiger partial charge is 0.445 e. The van der Waals surface area contributed by atoms with Gasteiger partial charge < -0.3 is 15.0 Å². The molecule has 4 rings (SSSR count). The van der Waals surface area contributed by atoms with Crippen LogP contribution < -0.4 is 10.2 Å². The van der Waals surface area contributed by atoms with Crippen LogP contribution in [-0.4, -0.2) is 32.7 Å². The van der Waals surface area contributed by atoms with Crippen molar-refractivity contribution in [2.45, 2.75) is 50.3 Å². The molecular formula is C24H28N2O5S. The maximum Gasteiger partial charge on any atom is 0.407 e. The molecular weight excluding hydrogens is 428 g/mol. The summed E-state index contributed by atoms with van der Waals surface area (Å²) in [5, 5.41) is 2.95. The zero-order valence-electron chi connectivity index (χ0n) is 18.4. The number of carbonyl (C=O) groups is 2. The number of nitrogens with one attached hydrogen (secondary N) is 1. The Balaban J connectivity index is 1.67. The number of amides is 2. The van der Waals surface area contributed by atoms with Crippen LogP contribution in [0.25, 0.3) is 0 Å². The molecule has 3 atom stereocenters. The molecule has 1 N–H and O–H groups in total. The van der Waals surface area contributed by atoms with Crippen LogP contribution in [0.15, 0.2) is 53.4 Å². The molecule has 1 fully saturated rings. The maximum absolute atomic E-state index is 12.7. The molecule has 0 saturated heterocycles.